The van der Waals surface area contributed by atoms with Crippen LogP contribution in [0.25, 0.3) is 11.2 Å². The third-order valence-electron chi connectivity index (χ3n) is 7.69. The van der Waals surface area contributed by atoms with E-state index in [0.717, 1.165) is 57.2 Å². The summed E-state index contributed by atoms with van der Waals surface area (Å²) in [5, 5.41) is 6.66. The molecule has 0 amide bonds. The van der Waals surface area contributed by atoms with Gasteiger partial charge in [0.05, 0.1) is 11.8 Å². The Hall–Kier alpha value is -2.92. The fourth-order valence-corrected chi connectivity index (χ4v) is 5.61. The van der Waals surface area contributed by atoms with Crippen LogP contribution in [0.2, 0.25) is 0 Å². The molecule has 1 saturated carbocycles. The topological polar surface area (TPSA) is 80.1 Å². The summed E-state index contributed by atoms with van der Waals surface area (Å²) < 4.78 is 47.6. The summed E-state index contributed by atoms with van der Waals surface area (Å²) >= 11 is 0. The third-order valence-corrected chi connectivity index (χ3v) is 7.69. The molecule has 2 aromatic heterocycles. The summed E-state index contributed by atoms with van der Waals surface area (Å²) in [6, 6.07) is 5.34. The third kappa shape index (κ3) is 6.04. The lowest BCUT2D eigenvalue weighted by Crippen LogP contribution is -2.41. The van der Waals surface area contributed by atoms with E-state index in [2.05, 4.69) is 46.1 Å². The quantitative estimate of drug-likeness (QED) is 0.395. The van der Waals surface area contributed by atoms with E-state index in [4.69, 9.17) is 14.7 Å². The van der Waals surface area contributed by atoms with Gasteiger partial charge in [-0.05, 0) is 83.7 Å². The minimum absolute atomic E-state index is 0.133. The van der Waals surface area contributed by atoms with Gasteiger partial charge in [0.2, 0.25) is 11.9 Å². The number of anilines is 3. The van der Waals surface area contributed by atoms with E-state index in [1.54, 1.807) is 12.3 Å². The number of fused-ring (bicyclic) bond motifs is 1. The second-order valence-corrected chi connectivity index (χ2v) is 11.1. The molecule has 1 aliphatic carbocycles. The fourth-order valence-electron chi connectivity index (χ4n) is 5.61. The molecule has 2 N–H and O–H groups in total. The molecule has 1 aliphatic heterocycles. The Bertz CT molecular complexity index is 1250. The zero-order valence-electron chi connectivity index (χ0n) is 22.2. The van der Waals surface area contributed by atoms with Gasteiger partial charge >= 0.3 is 6.18 Å². The number of aromatic nitrogens is 4. The first-order chi connectivity index (χ1) is 18.1. The van der Waals surface area contributed by atoms with Gasteiger partial charge in [0.15, 0.2) is 5.65 Å². The van der Waals surface area contributed by atoms with E-state index >= 15 is 0 Å². The van der Waals surface area contributed by atoms with Crippen molar-refractivity contribution in [2.24, 2.45) is 5.92 Å². The number of imidazole rings is 1. The summed E-state index contributed by atoms with van der Waals surface area (Å²) in [7, 11) is 4.19. The molecule has 5 rings (SSSR count). The average molecular weight is 532 g/mol. The SMILES string of the molecule is CN(C)CC1CCC(n2c(Nc3cccc(C(F)(F)F)c3)nc3cnc(NC4(C)CCOCC4)nc32)CC1. The minimum atomic E-state index is -4.42. The smallest absolute Gasteiger partial charge is 0.381 e. The van der Waals surface area contributed by atoms with Crippen LogP contribution in [-0.2, 0) is 10.9 Å². The van der Waals surface area contributed by atoms with Crippen molar-refractivity contribution in [3.63, 3.8) is 0 Å². The van der Waals surface area contributed by atoms with Crippen molar-refractivity contribution in [1.29, 1.82) is 0 Å². The number of benzene rings is 1. The first kappa shape index (κ1) is 26.7. The lowest BCUT2D eigenvalue weighted by molar-refractivity contribution is -0.137. The molecule has 8 nitrogen and oxygen atoms in total. The van der Waals surface area contributed by atoms with Crippen molar-refractivity contribution in [3.8, 4) is 0 Å². The van der Waals surface area contributed by atoms with Crippen LogP contribution in [0.1, 0.15) is 57.1 Å². The van der Waals surface area contributed by atoms with Gasteiger partial charge in [-0.25, -0.2) is 9.97 Å². The van der Waals surface area contributed by atoms with Crippen LogP contribution in [0.4, 0.5) is 30.8 Å². The van der Waals surface area contributed by atoms with Gasteiger partial charge in [-0.1, -0.05) is 6.07 Å². The largest absolute Gasteiger partial charge is 0.416 e. The molecule has 0 radical (unpaired) electrons. The number of hydrogen-bond acceptors (Lipinski definition) is 7. The van der Waals surface area contributed by atoms with Gasteiger partial charge in [-0.3, -0.25) is 4.57 Å². The second kappa shape index (κ2) is 10.7. The molecule has 1 saturated heterocycles. The van der Waals surface area contributed by atoms with Gasteiger partial charge in [-0.15, -0.1) is 0 Å². The predicted molar refractivity (Wildman–Crippen MR) is 142 cm³/mol. The molecule has 3 aromatic rings. The van der Waals surface area contributed by atoms with Gasteiger partial charge in [0.1, 0.15) is 5.52 Å². The maximum Gasteiger partial charge on any atom is 0.416 e. The van der Waals surface area contributed by atoms with Gasteiger partial charge in [0, 0.05) is 37.0 Å². The molecule has 0 bridgehead atoms. The van der Waals surface area contributed by atoms with Crippen molar-refractivity contribution in [2.75, 3.05) is 44.5 Å². The molecule has 0 atom stereocenters. The van der Waals surface area contributed by atoms with Crippen molar-refractivity contribution in [3.05, 3.63) is 36.0 Å². The number of nitrogens with one attached hydrogen (secondary N) is 2. The van der Waals surface area contributed by atoms with Crippen LogP contribution in [0, 0.1) is 5.92 Å². The highest BCUT2D eigenvalue weighted by molar-refractivity contribution is 5.76. The molecule has 0 spiro atoms. The fraction of sp³-hybridized carbons (Fsp3) is 0.593. The number of nitrogens with zero attached hydrogens (tertiary/aromatic N) is 5. The molecule has 206 valence electrons. The van der Waals surface area contributed by atoms with E-state index in [1.807, 2.05) is 0 Å². The van der Waals surface area contributed by atoms with Crippen molar-refractivity contribution in [2.45, 2.75) is 63.2 Å². The lowest BCUT2D eigenvalue weighted by Gasteiger charge is -2.34. The molecule has 2 aliphatic rings. The highest BCUT2D eigenvalue weighted by atomic mass is 19.4. The van der Waals surface area contributed by atoms with Gasteiger partial charge in [-0.2, -0.15) is 18.2 Å². The first-order valence-electron chi connectivity index (χ1n) is 13.3. The Labute approximate surface area is 221 Å². The van der Waals surface area contributed by atoms with Crippen molar-refractivity contribution < 1.29 is 17.9 Å². The van der Waals surface area contributed by atoms with Crippen LogP contribution >= 0.6 is 0 Å². The van der Waals surface area contributed by atoms with Crippen molar-refractivity contribution >= 4 is 28.7 Å². The standard InChI is InChI=1S/C27H36F3N7O/c1-26(11-13-38-14-12-26)35-24-31-16-22-23(34-24)37(21-9-7-18(8-10-21)17-36(2)3)25(33-22)32-20-6-4-5-19(15-20)27(28,29)30/h4-6,15-16,18,21H,7-14,17H2,1-3H3,(H,32,33)(H,31,34,35). The highest BCUT2D eigenvalue weighted by Gasteiger charge is 2.32. The summed E-state index contributed by atoms with van der Waals surface area (Å²) in [6.07, 6.45) is 3.01. The van der Waals surface area contributed by atoms with Gasteiger partial charge in [0.25, 0.3) is 0 Å². The van der Waals surface area contributed by atoms with E-state index in [9.17, 15) is 13.2 Å². The molecule has 11 heteroatoms. The number of ether oxygens (including phenoxy) is 1. The van der Waals surface area contributed by atoms with E-state index in [0.29, 0.717) is 47.9 Å². The Morgan fingerprint density at radius 2 is 1.84 bits per heavy atom. The maximum atomic E-state index is 13.4. The van der Waals surface area contributed by atoms with E-state index < -0.39 is 11.7 Å². The maximum absolute atomic E-state index is 13.4. The molecular formula is C27H36F3N7O. The Morgan fingerprint density at radius 1 is 1.11 bits per heavy atom. The molecular weight excluding hydrogens is 495 g/mol. The molecule has 2 fully saturated rings. The van der Waals surface area contributed by atoms with Crippen LogP contribution in [0.5, 0.6) is 0 Å². The zero-order valence-corrected chi connectivity index (χ0v) is 22.2. The van der Waals surface area contributed by atoms with Crippen molar-refractivity contribution in [1.82, 2.24) is 24.4 Å². The Balaban J connectivity index is 1.49. The molecule has 38 heavy (non-hydrogen) atoms. The molecule has 0 unspecified atom stereocenters. The zero-order chi connectivity index (χ0) is 26.9. The minimum Gasteiger partial charge on any atom is -0.381 e. The average Bonchev–Trinajstić information content (AvgIpc) is 3.21. The van der Waals surface area contributed by atoms with Crippen LogP contribution in [0.3, 0.4) is 0 Å². The first-order valence-corrected chi connectivity index (χ1v) is 13.3. The monoisotopic (exact) mass is 531 g/mol. The molecule has 1 aromatic carbocycles. The highest BCUT2D eigenvalue weighted by Crippen LogP contribution is 2.38. The predicted octanol–water partition coefficient (Wildman–Crippen LogP) is 5.86. The van der Waals surface area contributed by atoms with Gasteiger partial charge < -0.3 is 20.3 Å². The van der Waals surface area contributed by atoms with Crippen LogP contribution < -0.4 is 10.6 Å². The number of hydrogen-bond donors (Lipinski definition) is 2. The van der Waals surface area contributed by atoms with E-state index in [-0.39, 0.29) is 11.6 Å². The molecule has 3 heterocycles. The summed E-state index contributed by atoms with van der Waals surface area (Å²) in [5.41, 5.74) is 0.755. The lowest BCUT2D eigenvalue weighted by atomic mass is 9.85. The second-order valence-electron chi connectivity index (χ2n) is 11.1. The Morgan fingerprint density at radius 3 is 2.53 bits per heavy atom. The normalized spacial score (nSPS) is 22.1. The van der Waals surface area contributed by atoms with E-state index in [1.165, 1.54) is 6.07 Å². The summed E-state index contributed by atoms with van der Waals surface area (Å²) in [5.74, 6) is 1.63. The summed E-state index contributed by atoms with van der Waals surface area (Å²) in [6.45, 7) is 4.56. The van der Waals surface area contributed by atoms with Crippen LogP contribution in [-0.4, -0.2) is 63.8 Å². The number of alkyl halides is 3. The van der Waals surface area contributed by atoms with Crippen LogP contribution in [0.15, 0.2) is 30.5 Å². The number of rotatable bonds is 7. The number of halogens is 3. The summed E-state index contributed by atoms with van der Waals surface area (Å²) in [4.78, 5) is 16.4. The Kier molecular flexibility index (Phi) is 7.50.